The SMILES string of the molecule is COc1cc2c(cc1CN[C@H]1CCCN(C(=O)OC(C)(C)C)[C@H]1c1ccccc1)C(C(F)(F)F)(C(F)(F)F)OC2. The molecule has 0 aromatic heterocycles. The first-order chi connectivity index (χ1) is 18.6. The molecule has 40 heavy (non-hydrogen) atoms. The number of hydrogen-bond acceptors (Lipinski definition) is 5. The number of halogens is 6. The molecule has 2 aliphatic rings. The van der Waals surface area contributed by atoms with E-state index in [1.54, 1.807) is 25.7 Å². The molecule has 2 atom stereocenters. The number of carbonyl (C=O) groups excluding carboxylic acids is 1. The van der Waals surface area contributed by atoms with Gasteiger partial charge in [-0.3, -0.25) is 4.90 Å². The minimum absolute atomic E-state index is 0.103. The van der Waals surface area contributed by atoms with Gasteiger partial charge in [-0.2, -0.15) is 26.3 Å². The third-order valence-corrected chi connectivity index (χ3v) is 7.08. The average molecular weight is 575 g/mol. The Morgan fingerprint density at radius 2 is 1.73 bits per heavy atom. The van der Waals surface area contributed by atoms with Crippen LogP contribution in [0.15, 0.2) is 42.5 Å². The summed E-state index contributed by atoms with van der Waals surface area (Å²) in [5.41, 5.74) is -5.49. The van der Waals surface area contributed by atoms with Gasteiger partial charge in [0.15, 0.2) is 0 Å². The van der Waals surface area contributed by atoms with E-state index in [1.165, 1.54) is 7.11 Å². The molecule has 0 bridgehead atoms. The van der Waals surface area contributed by atoms with Crippen LogP contribution < -0.4 is 10.1 Å². The maximum atomic E-state index is 13.9. The summed E-state index contributed by atoms with van der Waals surface area (Å²) >= 11 is 0. The Morgan fingerprint density at radius 3 is 2.30 bits per heavy atom. The number of fused-ring (bicyclic) bond motifs is 1. The predicted molar refractivity (Wildman–Crippen MR) is 134 cm³/mol. The van der Waals surface area contributed by atoms with Crippen molar-refractivity contribution >= 4 is 6.09 Å². The van der Waals surface area contributed by atoms with E-state index in [9.17, 15) is 31.1 Å². The number of rotatable bonds is 5. The van der Waals surface area contributed by atoms with Gasteiger partial charge in [-0.05, 0) is 56.9 Å². The van der Waals surface area contributed by atoms with Gasteiger partial charge in [-0.1, -0.05) is 30.3 Å². The fourth-order valence-electron chi connectivity index (χ4n) is 5.37. The van der Waals surface area contributed by atoms with Crippen LogP contribution in [0.25, 0.3) is 0 Å². The molecule has 0 aliphatic carbocycles. The van der Waals surface area contributed by atoms with Gasteiger partial charge in [0, 0.05) is 30.3 Å². The third-order valence-electron chi connectivity index (χ3n) is 7.08. The van der Waals surface area contributed by atoms with Crippen LogP contribution in [0.2, 0.25) is 0 Å². The lowest BCUT2D eigenvalue weighted by atomic mass is 9.88. The van der Waals surface area contributed by atoms with Gasteiger partial charge in [0.25, 0.3) is 5.60 Å². The summed E-state index contributed by atoms with van der Waals surface area (Å²) in [6, 6.07) is 10.3. The first-order valence-electron chi connectivity index (χ1n) is 12.8. The number of benzene rings is 2. The van der Waals surface area contributed by atoms with Crippen LogP contribution in [0.3, 0.4) is 0 Å². The average Bonchev–Trinajstić information content (AvgIpc) is 3.26. The van der Waals surface area contributed by atoms with Gasteiger partial charge in [0.05, 0.1) is 19.8 Å². The molecule has 2 aromatic carbocycles. The Hall–Kier alpha value is -2.99. The topological polar surface area (TPSA) is 60.0 Å². The second kappa shape index (κ2) is 10.8. The number of piperidine rings is 1. The van der Waals surface area contributed by atoms with E-state index in [4.69, 9.17) is 9.47 Å². The smallest absolute Gasteiger partial charge is 0.430 e. The Bertz CT molecular complexity index is 1200. The van der Waals surface area contributed by atoms with Crippen molar-refractivity contribution < 1.29 is 45.3 Å². The number of amides is 1. The van der Waals surface area contributed by atoms with Crippen LogP contribution in [0, 0.1) is 0 Å². The van der Waals surface area contributed by atoms with Gasteiger partial charge in [0.2, 0.25) is 0 Å². The number of nitrogens with zero attached hydrogens (tertiary/aromatic N) is 1. The molecule has 2 aliphatic heterocycles. The summed E-state index contributed by atoms with van der Waals surface area (Å²) in [6.07, 6.45) is -10.8. The molecule has 0 unspecified atom stereocenters. The van der Waals surface area contributed by atoms with Gasteiger partial charge >= 0.3 is 18.4 Å². The lowest BCUT2D eigenvalue weighted by Crippen LogP contribution is -2.53. The van der Waals surface area contributed by atoms with Crippen LogP contribution in [0.1, 0.15) is 61.9 Å². The molecule has 2 heterocycles. The molecule has 0 saturated carbocycles. The molecule has 1 saturated heterocycles. The van der Waals surface area contributed by atoms with E-state index in [-0.39, 0.29) is 29.5 Å². The fraction of sp³-hybridized carbons (Fsp3) is 0.536. The fourth-order valence-corrected chi connectivity index (χ4v) is 5.37. The first-order valence-corrected chi connectivity index (χ1v) is 12.8. The molecule has 1 N–H and O–H groups in total. The molecule has 6 nitrogen and oxygen atoms in total. The van der Waals surface area contributed by atoms with Crippen molar-refractivity contribution in [1.29, 1.82) is 0 Å². The zero-order valence-electron chi connectivity index (χ0n) is 22.6. The van der Waals surface area contributed by atoms with E-state index >= 15 is 0 Å². The Balaban J connectivity index is 1.68. The summed E-state index contributed by atoms with van der Waals surface area (Å²) in [7, 11) is 1.29. The number of nitrogens with one attached hydrogen (secondary N) is 1. The van der Waals surface area contributed by atoms with Crippen molar-refractivity contribution in [3.8, 4) is 5.75 Å². The summed E-state index contributed by atoms with van der Waals surface area (Å²) in [5, 5.41) is 3.27. The molecule has 220 valence electrons. The highest BCUT2D eigenvalue weighted by atomic mass is 19.4. The van der Waals surface area contributed by atoms with Crippen molar-refractivity contribution in [1.82, 2.24) is 10.2 Å². The van der Waals surface area contributed by atoms with Crippen molar-refractivity contribution in [3.05, 3.63) is 64.7 Å². The van der Waals surface area contributed by atoms with Crippen molar-refractivity contribution in [2.45, 2.75) is 82.4 Å². The van der Waals surface area contributed by atoms with Crippen LogP contribution in [0.4, 0.5) is 31.1 Å². The number of alkyl halides is 6. The molecule has 0 spiro atoms. The quantitative estimate of drug-likeness (QED) is 0.399. The van der Waals surface area contributed by atoms with Gasteiger partial charge in [-0.15, -0.1) is 0 Å². The van der Waals surface area contributed by atoms with E-state index in [0.29, 0.717) is 19.4 Å². The van der Waals surface area contributed by atoms with Crippen molar-refractivity contribution in [2.24, 2.45) is 0 Å². The van der Waals surface area contributed by atoms with Crippen LogP contribution in [-0.2, 0) is 28.2 Å². The third kappa shape index (κ3) is 5.60. The van der Waals surface area contributed by atoms with Gasteiger partial charge in [0.1, 0.15) is 11.4 Å². The minimum atomic E-state index is -5.73. The lowest BCUT2D eigenvalue weighted by Gasteiger charge is -2.42. The number of hydrogen-bond donors (Lipinski definition) is 1. The highest BCUT2D eigenvalue weighted by Gasteiger charge is 2.75. The van der Waals surface area contributed by atoms with Crippen LogP contribution >= 0.6 is 0 Å². The highest BCUT2D eigenvalue weighted by molar-refractivity contribution is 5.69. The molecular formula is C28H32F6N2O4. The number of likely N-dealkylation sites (tertiary alicyclic amines) is 1. The zero-order chi connectivity index (χ0) is 29.5. The second-order valence-electron chi connectivity index (χ2n) is 10.9. The summed E-state index contributed by atoms with van der Waals surface area (Å²) in [5.74, 6) is 0.131. The van der Waals surface area contributed by atoms with Gasteiger partial charge in [-0.25, -0.2) is 4.79 Å². The van der Waals surface area contributed by atoms with Gasteiger partial charge < -0.3 is 19.5 Å². The molecular weight excluding hydrogens is 542 g/mol. The lowest BCUT2D eigenvalue weighted by molar-refractivity contribution is -0.385. The minimum Gasteiger partial charge on any atom is -0.496 e. The normalized spacial score (nSPS) is 21.2. The molecule has 2 aromatic rings. The largest absolute Gasteiger partial charge is 0.496 e. The monoisotopic (exact) mass is 574 g/mol. The summed E-state index contributed by atoms with van der Waals surface area (Å²) in [4.78, 5) is 14.7. The van der Waals surface area contributed by atoms with Crippen molar-refractivity contribution in [3.63, 3.8) is 0 Å². The van der Waals surface area contributed by atoms with E-state index < -0.39 is 47.9 Å². The molecule has 4 rings (SSSR count). The standard InChI is InChI=1S/C28H32F6N2O4/c1-25(2,3)40-24(37)36-12-8-11-21(23(36)17-9-6-5-7-10-17)35-15-18-13-20-19(14-22(18)38-4)16-39-26(20,27(29,30)31)28(32,33)34/h5-7,9-10,13-14,21,23,35H,8,11-12,15-16H2,1-4H3/t21-,23-/m0/s1. The van der Waals surface area contributed by atoms with E-state index in [0.717, 1.165) is 17.7 Å². The summed E-state index contributed by atoms with van der Waals surface area (Å²) in [6.45, 7) is 4.72. The maximum Gasteiger partial charge on any atom is 0.430 e. The Morgan fingerprint density at radius 1 is 1.07 bits per heavy atom. The van der Waals surface area contributed by atoms with Crippen LogP contribution in [-0.4, -0.2) is 48.6 Å². The summed E-state index contributed by atoms with van der Waals surface area (Å²) < 4.78 is 98.9. The molecule has 1 amide bonds. The second-order valence-corrected chi connectivity index (χ2v) is 10.9. The zero-order valence-corrected chi connectivity index (χ0v) is 22.6. The predicted octanol–water partition coefficient (Wildman–Crippen LogP) is 6.78. The molecule has 0 radical (unpaired) electrons. The number of methoxy groups -OCH3 is 1. The molecule has 12 heteroatoms. The molecule has 1 fully saturated rings. The van der Waals surface area contributed by atoms with Crippen LogP contribution in [0.5, 0.6) is 5.75 Å². The Kier molecular flexibility index (Phi) is 8.07. The number of carbonyl (C=O) groups is 1. The Labute approximate surface area is 228 Å². The first kappa shape index (κ1) is 30.0. The highest BCUT2D eigenvalue weighted by Crippen LogP contribution is 2.57. The number of ether oxygens (including phenoxy) is 3. The van der Waals surface area contributed by atoms with E-state index in [1.807, 2.05) is 30.3 Å². The van der Waals surface area contributed by atoms with Crippen molar-refractivity contribution in [2.75, 3.05) is 13.7 Å². The van der Waals surface area contributed by atoms with E-state index in [2.05, 4.69) is 10.1 Å². The maximum absolute atomic E-state index is 13.9.